The maximum absolute atomic E-state index is 12.4. The third kappa shape index (κ3) is 6.48. The number of alkyl halides is 6. The number of carbonyl (C=O) groups excluding carboxylic acids is 2. The highest BCUT2D eigenvalue weighted by Gasteiger charge is 2.32. The fourth-order valence-corrected chi connectivity index (χ4v) is 2.12. The molecule has 0 unspecified atom stereocenters. The highest BCUT2D eigenvalue weighted by molar-refractivity contribution is 5.80. The Labute approximate surface area is 165 Å². The van der Waals surface area contributed by atoms with E-state index in [4.69, 9.17) is 14.6 Å². The summed E-state index contributed by atoms with van der Waals surface area (Å²) in [5.74, 6) is -0.313. The molecular weight excluding hydrogens is 422 g/mol. The molecule has 0 aliphatic carbocycles. The summed E-state index contributed by atoms with van der Waals surface area (Å²) in [6, 6.07) is 4.96. The van der Waals surface area contributed by atoms with Gasteiger partial charge in [-0.3, -0.25) is 9.59 Å². The van der Waals surface area contributed by atoms with Crippen molar-refractivity contribution in [2.45, 2.75) is 18.5 Å². The van der Waals surface area contributed by atoms with E-state index in [2.05, 4.69) is 0 Å². The molecule has 0 aromatic heterocycles. The van der Waals surface area contributed by atoms with Crippen LogP contribution in [0.4, 0.5) is 26.3 Å². The molecule has 2 aromatic rings. The number of benzene rings is 2. The summed E-state index contributed by atoms with van der Waals surface area (Å²) in [6.45, 7) is 0.823. The molecule has 11 heteroatoms. The van der Waals surface area contributed by atoms with Crippen LogP contribution in [0.1, 0.15) is 31.8 Å². The molecule has 30 heavy (non-hydrogen) atoms. The summed E-state index contributed by atoms with van der Waals surface area (Å²) in [6.07, 6.45) is -8.46. The number of hydrogen-bond acceptors (Lipinski definition) is 5. The number of ether oxygens (including phenoxy) is 2. The molecule has 0 spiro atoms. The number of hydrogen-bond donors (Lipinski definition) is 1. The molecule has 1 fully saturated rings. The second-order valence-corrected chi connectivity index (χ2v) is 6.02. The minimum atomic E-state index is -4.49. The van der Waals surface area contributed by atoms with Crippen molar-refractivity contribution in [2.24, 2.45) is 0 Å². The monoisotopic (exact) mass is 436 g/mol. The first-order chi connectivity index (χ1) is 14.0. The van der Waals surface area contributed by atoms with Gasteiger partial charge in [-0.15, -0.1) is 0 Å². The summed E-state index contributed by atoms with van der Waals surface area (Å²) in [7, 11) is 0. The number of phenolic OH excluding ortho intramolecular Hbond substituents is 1. The number of halogens is 6. The maximum atomic E-state index is 12.4. The van der Waals surface area contributed by atoms with E-state index >= 15 is 0 Å². The Morgan fingerprint density at radius 1 is 0.933 bits per heavy atom. The molecule has 5 nitrogen and oxygen atoms in total. The summed E-state index contributed by atoms with van der Waals surface area (Å²) < 4.78 is 83.3. The Balaban J connectivity index is 0.000000222. The van der Waals surface area contributed by atoms with Crippen molar-refractivity contribution in [1.29, 1.82) is 0 Å². The number of aromatic hydroxyl groups is 1. The second-order valence-electron chi connectivity index (χ2n) is 6.02. The quantitative estimate of drug-likeness (QED) is 0.424. The normalized spacial score (nSPS) is 15.6. The SMILES string of the molecule is O=Cc1cc(C(F)(F)F)ccc1O.O=Cc1cc(C(F)(F)F)ccc1OC[C@H]1CO1. The predicted octanol–water partition coefficient (Wildman–Crippen LogP) is 4.52. The lowest BCUT2D eigenvalue weighted by molar-refractivity contribution is -0.138. The van der Waals surface area contributed by atoms with Crippen molar-refractivity contribution >= 4 is 12.6 Å². The van der Waals surface area contributed by atoms with Crippen molar-refractivity contribution in [3.05, 3.63) is 58.7 Å². The van der Waals surface area contributed by atoms with Crippen LogP contribution in [0.3, 0.4) is 0 Å². The van der Waals surface area contributed by atoms with E-state index in [1.165, 1.54) is 0 Å². The van der Waals surface area contributed by atoms with E-state index in [0.29, 0.717) is 25.0 Å². The molecule has 162 valence electrons. The summed E-state index contributed by atoms with van der Waals surface area (Å²) in [5.41, 5.74) is -2.29. The zero-order valence-electron chi connectivity index (χ0n) is 15.0. The average Bonchev–Trinajstić information content (AvgIpc) is 3.50. The van der Waals surface area contributed by atoms with E-state index in [1.54, 1.807) is 0 Å². The van der Waals surface area contributed by atoms with E-state index in [9.17, 15) is 35.9 Å². The first-order valence-corrected chi connectivity index (χ1v) is 8.22. The summed E-state index contributed by atoms with van der Waals surface area (Å²) >= 11 is 0. The zero-order chi connectivity index (χ0) is 22.5. The van der Waals surface area contributed by atoms with Crippen LogP contribution in [-0.4, -0.2) is 37.0 Å². The fraction of sp³-hybridized carbons (Fsp3) is 0.263. The van der Waals surface area contributed by atoms with Gasteiger partial charge < -0.3 is 14.6 Å². The Hall–Kier alpha value is -3.08. The van der Waals surface area contributed by atoms with Gasteiger partial charge in [-0.25, -0.2) is 0 Å². The van der Waals surface area contributed by atoms with Gasteiger partial charge in [-0.05, 0) is 36.4 Å². The molecule has 2 aromatic carbocycles. The molecule has 0 radical (unpaired) electrons. The van der Waals surface area contributed by atoms with Crippen LogP contribution in [0.2, 0.25) is 0 Å². The fourth-order valence-electron chi connectivity index (χ4n) is 2.12. The molecule has 1 aliphatic heterocycles. The minimum Gasteiger partial charge on any atom is -0.507 e. The Bertz CT molecular complexity index is 903. The lowest BCUT2D eigenvalue weighted by atomic mass is 10.1. The third-order valence-electron chi connectivity index (χ3n) is 3.77. The summed E-state index contributed by atoms with van der Waals surface area (Å²) in [5, 5.41) is 8.90. The molecule has 3 rings (SSSR count). The lowest BCUT2D eigenvalue weighted by Crippen LogP contribution is -2.09. The lowest BCUT2D eigenvalue weighted by Gasteiger charge is -2.10. The van der Waals surface area contributed by atoms with Gasteiger partial charge in [-0.2, -0.15) is 26.3 Å². The average molecular weight is 436 g/mol. The van der Waals surface area contributed by atoms with Gasteiger partial charge in [0.15, 0.2) is 12.6 Å². The molecule has 1 atom stereocenters. The van der Waals surface area contributed by atoms with Gasteiger partial charge in [0, 0.05) is 0 Å². The van der Waals surface area contributed by atoms with Crippen LogP contribution in [0.15, 0.2) is 36.4 Å². The number of phenols is 1. The van der Waals surface area contributed by atoms with E-state index in [1.807, 2.05) is 0 Å². The molecule has 1 saturated heterocycles. The standard InChI is InChI=1S/C11H9F3O3.C8H5F3O2/c12-11(13,14)8-1-2-10(7(3-8)4-15)17-6-9-5-16-9;9-8(10,11)6-1-2-7(13)5(3-6)4-12/h1-4,9H,5-6H2;1-4,13H/t9-;/m1./s1. The molecule has 1 aliphatic rings. The van der Waals surface area contributed by atoms with Crippen molar-refractivity contribution in [2.75, 3.05) is 13.2 Å². The number of carbonyl (C=O) groups is 2. The van der Waals surface area contributed by atoms with Crippen LogP contribution in [-0.2, 0) is 17.1 Å². The topological polar surface area (TPSA) is 76.1 Å². The number of aldehydes is 2. The minimum absolute atomic E-state index is 0.0169. The van der Waals surface area contributed by atoms with Crippen molar-refractivity contribution in [3.63, 3.8) is 0 Å². The Kier molecular flexibility index (Phi) is 7.08. The molecule has 1 N–H and O–H groups in total. The van der Waals surface area contributed by atoms with Crippen LogP contribution in [0, 0.1) is 0 Å². The largest absolute Gasteiger partial charge is 0.507 e. The predicted molar refractivity (Wildman–Crippen MR) is 90.6 cm³/mol. The third-order valence-corrected chi connectivity index (χ3v) is 3.77. The first-order valence-electron chi connectivity index (χ1n) is 8.22. The van der Waals surface area contributed by atoms with E-state index in [-0.39, 0.29) is 35.9 Å². The van der Waals surface area contributed by atoms with Gasteiger partial charge in [0.2, 0.25) is 0 Å². The van der Waals surface area contributed by atoms with Crippen molar-refractivity contribution in [3.8, 4) is 11.5 Å². The van der Waals surface area contributed by atoms with Crippen LogP contribution in [0.5, 0.6) is 11.5 Å². The van der Waals surface area contributed by atoms with E-state index < -0.39 is 29.2 Å². The first kappa shape index (κ1) is 23.2. The van der Waals surface area contributed by atoms with Crippen LogP contribution < -0.4 is 4.74 Å². The molecule has 0 amide bonds. The van der Waals surface area contributed by atoms with Crippen molar-refractivity contribution < 1.29 is 50.5 Å². The Morgan fingerprint density at radius 3 is 1.90 bits per heavy atom. The van der Waals surface area contributed by atoms with Gasteiger partial charge >= 0.3 is 12.4 Å². The van der Waals surface area contributed by atoms with Crippen molar-refractivity contribution in [1.82, 2.24) is 0 Å². The number of epoxide rings is 1. The van der Waals surface area contributed by atoms with Crippen LogP contribution in [0.25, 0.3) is 0 Å². The zero-order valence-corrected chi connectivity index (χ0v) is 15.0. The smallest absolute Gasteiger partial charge is 0.416 e. The Morgan fingerprint density at radius 2 is 1.43 bits per heavy atom. The second kappa shape index (κ2) is 9.16. The molecular formula is C19H14F6O5. The molecule has 0 bridgehead atoms. The molecule has 0 saturated carbocycles. The van der Waals surface area contributed by atoms with Gasteiger partial charge in [0.1, 0.15) is 24.2 Å². The maximum Gasteiger partial charge on any atom is 0.416 e. The highest BCUT2D eigenvalue weighted by Crippen LogP contribution is 2.33. The number of rotatable bonds is 5. The van der Waals surface area contributed by atoms with Gasteiger partial charge in [0.05, 0.1) is 28.9 Å². The van der Waals surface area contributed by atoms with Crippen LogP contribution >= 0.6 is 0 Å². The van der Waals surface area contributed by atoms with E-state index in [0.717, 1.165) is 24.3 Å². The molecule has 1 heterocycles. The van der Waals surface area contributed by atoms with Gasteiger partial charge in [-0.1, -0.05) is 0 Å². The van der Waals surface area contributed by atoms with Gasteiger partial charge in [0.25, 0.3) is 0 Å². The summed E-state index contributed by atoms with van der Waals surface area (Å²) in [4.78, 5) is 20.9. The highest BCUT2D eigenvalue weighted by atomic mass is 19.4.